The van der Waals surface area contributed by atoms with Crippen LogP contribution in [0.4, 0.5) is 0 Å². The molecule has 0 saturated heterocycles. The van der Waals surface area contributed by atoms with Gasteiger partial charge in [-0.3, -0.25) is 9.59 Å². The van der Waals surface area contributed by atoms with E-state index in [0.29, 0.717) is 12.2 Å². The molecule has 0 aliphatic rings. The lowest BCUT2D eigenvalue weighted by atomic mass is 10.1. The first-order chi connectivity index (χ1) is 10.3. The highest BCUT2D eigenvalue weighted by Crippen LogP contribution is 2.05. The maximum atomic E-state index is 11.8. The van der Waals surface area contributed by atoms with Gasteiger partial charge in [0.25, 0.3) is 0 Å². The quantitative estimate of drug-likeness (QED) is 0.338. The Morgan fingerprint density at radius 2 is 1.48 bits per heavy atom. The van der Waals surface area contributed by atoms with E-state index >= 15 is 0 Å². The Morgan fingerprint density at radius 3 is 2.14 bits per heavy atom. The number of rotatable bonds is 7. The summed E-state index contributed by atoms with van der Waals surface area (Å²) in [4.78, 5) is 23.4. The van der Waals surface area contributed by atoms with Gasteiger partial charge in [0.1, 0.15) is 6.42 Å². The average Bonchev–Trinajstić information content (AvgIpc) is 2.53. The van der Waals surface area contributed by atoms with Crippen LogP contribution in [-0.4, -0.2) is 18.4 Å². The zero-order valence-corrected chi connectivity index (χ0v) is 11.8. The lowest BCUT2D eigenvalue weighted by molar-refractivity contribution is -0.142. The molecule has 0 amide bonds. The summed E-state index contributed by atoms with van der Waals surface area (Å²) in [6.45, 7) is 0.343. The fraction of sp³-hybridized carbons (Fsp3) is 0.222. The molecule has 108 valence electrons. The number of esters is 1. The third-order valence-electron chi connectivity index (χ3n) is 3.12. The average molecular weight is 282 g/mol. The van der Waals surface area contributed by atoms with E-state index in [1.807, 2.05) is 36.4 Å². The largest absolute Gasteiger partial charge is 0.465 e. The second-order valence-electron chi connectivity index (χ2n) is 4.78. The fourth-order valence-corrected chi connectivity index (χ4v) is 2.02. The van der Waals surface area contributed by atoms with E-state index in [4.69, 9.17) is 4.74 Å². The molecule has 3 heteroatoms. The third-order valence-corrected chi connectivity index (χ3v) is 3.12. The van der Waals surface area contributed by atoms with E-state index in [1.54, 1.807) is 24.3 Å². The van der Waals surface area contributed by atoms with Crippen molar-refractivity contribution in [3.8, 4) is 0 Å². The van der Waals surface area contributed by atoms with Crippen LogP contribution in [-0.2, 0) is 16.0 Å². The van der Waals surface area contributed by atoms with Crippen LogP contribution < -0.4 is 0 Å². The highest BCUT2D eigenvalue weighted by Gasteiger charge is 2.12. The molecule has 0 fully saturated rings. The number of ketones is 1. The van der Waals surface area contributed by atoms with Gasteiger partial charge in [-0.25, -0.2) is 0 Å². The SMILES string of the molecule is O=C(CC(=O)c1ccccc1)OCCCc1ccccc1. The molecular formula is C18H18O3. The third kappa shape index (κ3) is 5.22. The molecule has 21 heavy (non-hydrogen) atoms. The molecule has 0 bridgehead atoms. The van der Waals surface area contributed by atoms with Crippen molar-refractivity contribution in [2.75, 3.05) is 6.61 Å². The molecule has 0 heterocycles. The van der Waals surface area contributed by atoms with Gasteiger partial charge in [-0.1, -0.05) is 60.7 Å². The van der Waals surface area contributed by atoms with Crippen molar-refractivity contribution < 1.29 is 14.3 Å². The monoisotopic (exact) mass is 282 g/mol. The second kappa shape index (κ2) is 8.00. The van der Waals surface area contributed by atoms with Gasteiger partial charge in [-0.05, 0) is 18.4 Å². The Bertz CT molecular complexity index is 576. The molecule has 0 aliphatic carbocycles. The number of ether oxygens (including phenoxy) is 1. The molecule has 0 aromatic heterocycles. The summed E-state index contributed by atoms with van der Waals surface area (Å²) in [6.07, 6.45) is 1.42. The van der Waals surface area contributed by atoms with Crippen molar-refractivity contribution in [1.29, 1.82) is 0 Å². The summed E-state index contributed by atoms with van der Waals surface area (Å²) in [5.41, 5.74) is 1.76. The van der Waals surface area contributed by atoms with Gasteiger partial charge in [0.15, 0.2) is 5.78 Å². The minimum absolute atomic E-state index is 0.199. The number of benzene rings is 2. The standard InChI is InChI=1S/C18H18O3/c19-17(16-11-5-2-6-12-16)14-18(20)21-13-7-10-15-8-3-1-4-9-15/h1-6,8-9,11-12H,7,10,13-14H2. The van der Waals surface area contributed by atoms with E-state index in [0.717, 1.165) is 12.8 Å². The van der Waals surface area contributed by atoms with Gasteiger partial charge in [0.2, 0.25) is 0 Å². The molecule has 2 aromatic carbocycles. The molecule has 2 rings (SSSR count). The van der Waals surface area contributed by atoms with Crippen LogP contribution in [0.25, 0.3) is 0 Å². The van der Waals surface area contributed by atoms with Crippen LogP contribution in [0.15, 0.2) is 60.7 Å². The molecule has 0 radical (unpaired) electrons. The molecule has 0 saturated carbocycles. The number of carbonyl (C=O) groups excluding carboxylic acids is 2. The minimum atomic E-state index is -0.461. The topological polar surface area (TPSA) is 43.4 Å². The highest BCUT2D eigenvalue weighted by atomic mass is 16.5. The number of carbonyl (C=O) groups is 2. The Balaban J connectivity index is 1.67. The Hall–Kier alpha value is -2.42. The van der Waals surface area contributed by atoms with Gasteiger partial charge in [-0.2, -0.15) is 0 Å². The van der Waals surface area contributed by atoms with Gasteiger partial charge in [0, 0.05) is 5.56 Å². The normalized spacial score (nSPS) is 10.1. The van der Waals surface area contributed by atoms with E-state index < -0.39 is 5.97 Å². The molecular weight excluding hydrogens is 264 g/mol. The van der Waals surface area contributed by atoms with Crippen LogP contribution in [0.5, 0.6) is 0 Å². The predicted molar refractivity (Wildman–Crippen MR) is 81.1 cm³/mol. The van der Waals surface area contributed by atoms with Crippen LogP contribution in [0, 0.1) is 0 Å². The minimum Gasteiger partial charge on any atom is -0.465 e. The summed E-state index contributed by atoms with van der Waals surface area (Å²) in [7, 11) is 0. The summed E-state index contributed by atoms with van der Waals surface area (Å²) >= 11 is 0. The second-order valence-corrected chi connectivity index (χ2v) is 4.78. The molecule has 3 nitrogen and oxygen atoms in total. The van der Waals surface area contributed by atoms with Crippen molar-refractivity contribution in [3.05, 3.63) is 71.8 Å². The molecule has 0 spiro atoms. The molecule has 0 atom stereocenters. The van der Waals surface area contributed by atoms with Gasteiger partial charge >= 0.3 is 5.97 Å². The van der Waals surface area contributed by atoms with E-state index in [9.17, 15) is 9.59 Å². The first kappa shape index (κ1) is 15.0. The number of hydrogen-bond donors (Lipinski definition) is 0. The first-order valence-electron chi connectivity index (χ1n) is 7.03. The van der Waals surface area contributed by atoms with E-state index in [1.165, 1.54) is 5.56 Å². The van der Waals surface area contributed by atoms with Gasteiger partial charge < -0.3 is 4.74 Å². The Labute approximate surface area is 124 Å². The van der Waals surface area contributed by atoms with Crippen LogP contribution in [0.2, 0.25) is 0 Å². The fourth-order valence-electron chi connectivity index (χ4n) is 2.02. The Morgan fingerprint density at radius 1 is 0.857 bits per heavy atom. The van der Waals surface area contributed by atoms with Crippen molar-refractivity contribution >= 4 is 11.8 Å². The molecule has 0 N–H and O–H groups in total. The smallest absolute Gasteiger partial charge is 0.313 e. The molecule has 0 aliphatic heterocycles. The maximum Gasteiger partial charge on any atom is 0.313 e. The van der Waals surface area contributed by atoms with Crippen molar-refractivity contribution in [1.82, 2.24) is 0 Å². The van der Waals surface area contributed by atoms with Crippen LogP contribution in [0.1, 0.15) is 28.8 Å². The lowest BCUT2D eigenvalue weighted by Gasteiger charge is -2.05. The lowest BCUT2D eigenvalue weighted by Crippen LogP contribution is -2.12. The van der Waals surface area contributed by atoms with E-state index in [-0.39, 0.29) is 12.2 Å². The summed E-state index contributed by atoms with van der Waals surface area (Å²) in [5.74, 6) is -0.666. The van der Waals surface area contributed by atoms with Crippen LogP contribution >= 0.6 is 0 Å². The zero-order valence-electron chi connectivity index (χ0n) is 11.8. The molecule has 2 aromatic rings. The Kier molecular flexibility index (Phi) is 5.71. The molecule has 0 unspecified atom stereocenters. The summed E-state index contributed by atoms with van der Waals surface area (Å²) in [5, 5.41) is 0. The summed E-state index contributed by atoms with van der Waals surface area (Å²) in [6, 6.07) is 18.8. The van der Waals surface area contributed by atoms with E-state index in [2.05, 4.69) is 0 Å². The highest BCUT2D eigenvalue weighted by molar-refractivity contribution is 6.05. The van der Waals surface area contributed by atoms with Crippen LogP contribution in [0.3, 0.4) is 0 Å². The number of Topliss-reactive ketones (excluding diaryl/α,β-unsaturated/α-hetero) is 1. The van der Waals surface area contributed by atoms with Crippen molar-refractivity contribution in [2.45, 2.75) is 19.3 Å². The van der Waals surface area contributed by atoms with Gasteiger partial charge in [-0.15, -0.1) is 0 Å². The predicted octanol–water partition coefficient (Wildman–Crippen LogP) is 3.44. The van der Waals surface area contributed by atoms with Crippen molar-refractivity contribution in [2.24, 2.45) is 0 Å². The number of aryl methyl sites for hydroxylation is 1. The maximum absolute atomic E-state index is 11.8. The van der Waals surface area contributed by atoms with Gasteiger partial charge in [0.05, 0.1) is 6.61 Å². The first-order valence-corrected chi connectivity index (χ1v) is 7.03. The summed E-state index contributed by atoms with van der Waals surface area (Å²) < 4.78 is 5.10. The van der Waals surface area contributed by atoms with Crippen molar-refractivity contribution in [3.63, 3.8) is 0 Å². The number of hydrogen-bond acceptors (Lipinski definition) is 3. The zero-order chi connectivity index (χ0) is 14.9.